The number of hydrogen-bond acceptors (Lipinski definition) is 3. The monoisotopic (exact) mass is 261 g/mol. The molecule has 1 aliphatic rings. The number of para-hydroxylation sites is 2. The van der Waals surface area contributed by atoms with Crippen molar-refractivity contribution in [3.63, 3.8) is 0 Å². The second-order valence-electron chi connectivity index (χ2n) is 5.37. The zero-order chi connectivity index (χ0) is 13.8. The zero-order valence-corrected chi connectivity index (χ0v) is 11.8. The fourth-order valence-electron chi connectivity index (χ4n) is 2.67. The van der Waals surface area contributed by atoms with Crippen molar-refractivity contribution in [1.82, 2.24) is 0 Å². The molecule has 4 heteroatoms. The summed E-state index contributed by atoms with van der Waals surface area (Å²) < 4.78 is 0. The Morgan fingerprint density at radius 1 is 1.32 bits per heavy atom. The predicted octanol–water partition coefficient (Wildman–Crippen LogP) is 1.84. The molecule has 0 saturated carbocycles. The van der Waals surface area contributed by atoms with Gasteiger partial charge in [-0.05, 0) is 31.0 Å². The van der Waals surface area contributed by atoms with E-state index in [1.165, 1.54) is 0 Å². The van der Waals surface area contributed by atoms with E-state index in [4.69, 9.17) is 5.73 Å². The minimum absolute atomic E-state index is 0.181. The van der Waals surface area contributed by atoms with Crippen LogP contribution >= 0.6 is 0 Å². The summed E-state index contributed by atoms with van der Waals surface area (Å²) in [7, 11) is 2.09. The quantitative estimate of drug-likeness (QED) is 0.903. The Kier molecular flexibility index (Phi) is 4.43. The van der Waals surface area contributed by atoms with E-state index in [0.29, 0.717) is 18.9 Å². The molecule has 0 radical (unpaired) electrons. The molecular weight excluding hydrogens is 238 g/mol. The second kappa shape index (κ2) is 6.06. The first-order valence-electron chi connectivity index (χ1n) is 6.94. The molecule has 1 heterocycles. The fraction of sp³-hybridized carbons (Fsp3) is 0.533. The summed E-state index contributed by atoms with van der Waals surface area (Å²) >= 11 is 0. The molecule has 0 spiro atoms. The number of nitrogens with two attached hydrogens (primary N) is 1. The van der Waals surface area contributed by atoms with Gasteiger partial charge in [0.1, 0.15) is 0 Å². The van der Waals surface area contributed by atoms with Gasteiger partial charge in [0.05, 0.1) is 11.4 Å². The maximum absolute atomic E-state index is 12.4. The Bertz CT molecular complexity index is 447. The van der Waals surface area contributed by atoms with Crippen molar-refractivity contribution < 1.29 is 4.79 Å². The van der Waals surface area contributed by atoms with Crippen LogP contribution in [0.15, 0.2) is 24.3 Å². The lowest BCUT2D eigenvalue weighted by atomic mass is 10.1. The molecule has 0 fully saturated rings. The Morgan fingerprint density at radius 2 is 2.00 bits per heavy atom. The van der Waals surface area contributed by atoms with Gasteiger partial charge in [-0.2, -0.15) is 0 Å². The largest absolute Gasteiger partial charge is 0.373 e. The molecule has 19 heavy (non-hydrogen) atoms. The van der Waals surface area contributed by atoms with Crippen molar-refractivity contribution >= 4 is 17.3 Å². The number of benzene rings is 1. The summed E-state index contributed by atoms with van der Waals surface area (Å²) in [6.07, 6.45) is 1.28. The van der Waals surface area contributed by atoms with Crippen LogP contribution in [-0.4, -0.2) is 32.6 Å². The minimum atomic E-state index is 0.181. The first kappa shape index (κ1) is 13.9. The topological polar surface area (TPSA) is 49.6 Å². The van der Waals surface area contributed by atoms with Gasteiger partial charge >= 0.3 is 0 Å². The normalized spacial score (nSPS) is 19.0. The maximum atomic E-state index is 12.4. The van der Waals surface area contributed by atoms with E-state index in [-0.39, 0.29) is 5.91 Å². The molecule has 2 N–H and O–H groups in total. The summed E-state index contributed by atoms with van der Waals surface area (Å²) in [5, 5.41) is 0. The molecule has 1 aromatic carbocycles. The smallest absolute Gasteiger partial charge is 0.227 e. The lowest BCUT2D eigenvalue weighted by Gasteiger charge is -2.24. The van der Waals surface area contributed by atoms with Gasteiger partial charge in [-0.15, -0.1) is 0 Å². The molecule has 2 rings (SSSR count). The third-order valence-electron chi connectivity index (χ3n) is 3.56. The molecule has 4 nitrogen and oxygen atoms in total. The summed E-state index contributed by atoms with van der Waals surface area (Å²) in [4.78, 5) is 16.5. The van der Waals surface area contributed by atoms with E-state index in [9.17, 15) is 4.79 Å². The van der Waals surface area contributed by atoms with E-state index < -0.39 is 0 Å². The summed E-state index contributed by atoms with van der Waals surface area (Å²) in [5.41, 5.74) is 7.66. The summed E-state index contributed by atoms with van der Waals surface area (Å²) in [6, 6.07) is 8.13. The van der Waals surface area contributed by atoms with Crippen molar-refractivity contribution in [2.75, 3.05) is 36.5 Å². The predicted molar refractivity (Wildman–Crippen MR) is 79.5 cm³/mol. The van der Waals surface area contributed by atoms with E-state index in [2.05, 4.69) is 24.9 Å². The molecule has 1 aliphatic heterocycles. The number of nitrogens with zero attached hydrogens (tertiary/aromatic N) is 2. The summed E-state index contributed by atoms with van der Waals surface area (Å²) in [6.45, 7) is 4.50. The van der Waals surface area contributed by atoms with Crippen molar-refractivity contribution in [2.24, 2.45) is 11.7 Å². The molecule has 1 atom stereocenters. The van der Waals surface area contributed by atoms with Crippen LogP contribution in [0.2, 0.25) is 0 Å². The SMILES string of the molecule is C[C@H]1CN(C)c2ccccc2N(C(=O)CCCN)C1. The van der Waals surface area contributed by atoms with Crippen LogP contribution in [0.3, 0.4) is 0 Å². The van der Waals surface area contributed by atoms with Crippen LogP contribution in [0.4, 0.5) is 11.4 Å². The van der Waals surface area contributed by atoms with Gasteiger partial charge in [-0.3, -0.25) is 4.79 Å². The molecular formula is C15H23N3O. The average Bonchev–Trinajstić information content (AvgIpc) is 2.53. The Labute approximate surface area is 115 Å². The molecule has 0 bridgehead atoms. The van der Waals surface area contributed by atoms with Crippen LogP contribution in [0.25, 0.3) is 0 Å². The van der Waals surface area contributed by atoms with Gasteiger partial charge in [0.2, 0.25) is 5.91 Å². The van der Waals surface area contributed by atoms with Crippen LogP contribution in [0, 0.1) is 5.92 Å². The van der Waals surface area contributed by atoms with Gasteiger partial charge in [-0.25, -0.2) is 0 Å². The number of hydrogen-bond donors (Lipinski definition) is 1. The van der Waals surface area contributed by atoms with Crippen molar-refractivity contribution in [2.45, 2.75) is 19.8 Å². The minimum Gasteiger partial charge on any atom is -0.373 e. The lowest BCUT2D eigenvalue weighted by Crippen LogP contribution is -2.35. The highest BCUT2D eigenvalue weighted by Crippen LogP contribution is 2.32. The molecule has 0 saturated heterocycles. The van der Waals surface area contributed by atoms with Crippen LogP contribution in [-0.2, 0) is 4.79 Å². The number of rotatable bonds is 3. The first-order valence-corrected chi connectivity index (χ1v) is 6.94. The Balaban J connectivity index is 2.30. The van der Waals surface area contributed by atoms with Gasteiger partial charge in [0.25, 0.3) is 0 Å². The number of carbonyl (C=O) groups is 1. The van der Waals surface area contributed by atoms with E-state index in [0.717, 1.165) is 30.9 Å². The van der Waals surface area contributed by atoms with Crippen molar-refractivity contribution in [3.8, 4) is 0 Å². The van der Waals surface area contributed by atoms with Crippen LogP contribution in [0.5, 0.6) is 0 Å². The highest BCUT2D eigenvalue weighted by molar-refractivity contribution is 5.97. The fourth-order valence-corrected chi connectivity index (χ4v) is 2.67. The first-order chi connectivity index (χ1) is 9.13. The van der Waals surface area contributed by atoms with E-state index in [1.54, 1.807) is 0 Å². The number of carbonyl (C=O) groups excluding carboxylic acids is 1. The van der Waals surface area contributed by atoms with Crippen molar-refractivity contribution in [3.05, 3.63) is 24.3 Å². The third kappa shape index (κ3) is 3.07. The molecule has 1 aromatic rings. The second-order valence-corrected chi connectivity index (χ2v) is 5.37. The van der Waals surface area contributed by atoms with Gasteiger partial charge < -0.3 is 15.5 Å². The van der Waals surface area contributed by atoms with Crippen LogP contribution in [0.1, 0.15) is 19.8 Å². The van der Waals surface area contributed by atoms with E-state index >= 15 is 0 Å². The number of anilines is 2. The maximum Gasteiger partial charge on any atom is 0.227 e. The molecule has 104 valence electrons. The van der Waals surface area contributed by atoms with Crippen molar-refractivity contribution in [1.29, 1.82) is 0 Å². The Hall–Kier alpha value is -1.55. The van der Waals surface area contributed by atoms with Gasteiger partial charge in [0.15, 0.2) is 0 Å². The summed E-state index contributed by atoms with van der Waals surface area (Å²) in [5.74, 6) is 0.638. The van der Waals surface area contributed by atoms with E-state index in [1.807, 2.05) is 23.1 Å². The van der Waals surface area contributed by atoms with Crippen LogP contribution < -0.4 is 15.5 Å². The molecule has 0 unspecified atom stereocenters. The Morgan fingerprint density at radius 3 is 2.68 bits per heavy atom. The standard InChI is InChI=1S/C15H23N3O/c1-12-10-17(2)13-6-3-4-7-14(13)18(11-12)15(19)8-5-9-16/h3-4,6-7,12H,5,8-11,16H2,1-2H3/t12-/m0/s1. The number of amides is 1. The number of fused-ring (bicyclic) bond motifs is 1. The third-order valence-corrected chi connectivity index (χ3v) is 3.56. The molecule has 0 aromatic heterocycles. The highest BCUT2D eigenvalue weighted by atomic mass is 16.2. The van der Waals surface area contributed by atoms with Gasteiger partial charge in [-0.1, -0.05) is 19.1 Å². The highest BCUT2D eigenvalue weighted by Gasteiger charge is 2.25. The average molecular weight is 261 g/mol. The lowest BCUT2D eigenvalue weighted by molar-refractivity contribution is -0.118. The molecule has 0 aliphatic carbocycles. The van der Waals surface area contributed by atoms with Gasteiger partial charge in [0, 0.05) is 26.6 Å². The molecule has 1 amide bonds. The zero-order valence-electron chi connectivity index (χ0n) is 11.8.